The van der Waals surface area contributed by atoms with Gasteiger partial charge in [0.15, 0.2) is 5.16 Å². The van der Waals surface area contributed by atoms with Gasteiger partial charge in [0, 0.05) is 18.0 Å². The molecule has 1 unspecified atom stereocenters. The summed E-state index contributed by atoms with van der Waals surface area (Å²) in [6, 6.07) is 4.93. The number of nitrogens with one attached hydrogen (secondary N) is 1. The quantitative estimate of drug-likeness (QED) is 0.914. The molecule has 0 aliphatic rings. The first-order valence-corrected chi connectivity index (χ1v) is 6.98. The van der Waals surface area contributed by atoms with Crippen molar-refractivity contribution in [3.63, 3.8) is 0 Å². The standard InChI is InChI=1S/C13H17FN4S/c1-4-15-9(2)11-7-10(14)5-6-12(11)19-13-16-8-17-18(13)3/h5-9,15H,4H2,1-3H3. The van der Waals surface area contributed by atoms with Crippen molar-refractivity contribution >= 4 is 11.8 Å². The summed E-state index contributed by atoms with van der Waals surface area (Å²) in [4.78, 5) is 5.17. The van der Waals surface area contributed by atoms with E-state index in [1.807, 2.05) is 20.9 Å². The second kappa shape index (κ2) is 6.16. The first-order valence-electron chi connectivity index (χ1n) is 6.16. The van der Waals surface area contributed by atoms with Gasteiger partial charge in [0.1, 0.15) is 12.1 Å². The second-order valence-electron chi connectivity index (χ2n) is 4.23. The lowest BCUT2D eigenvalue weighted by Crippen LogP contribution is -2.18. The SMILES string of the molecule is CCNC(C)c1cc(F)ccc1Sc1ncnn1C. The van der Waals surface area contributed by atoms with Crippen LogP contribution in [0.25, 0.3) is 0 Å². The molecule has 2 aromatic rings. The van der Waals surface area contributed by atoms with Crippen molar-refractivity contribution in [3.05, 3.63) is 35.9 Å². The van der Waals surface area contributed by atoms with E-state index in [1.165, 1.54) is 24.2 Å². The third-order valence-electron chi connectivity index (χ3n) is 2.82. The van der Waals surface area contributed by atoms with Gasteiger partial charge in [-0.1, -0.05) is 6.92 Å². The van der Waals surface area contributed by atoms with Crippen LogP contribution in [0.15, 0.2) is 34.6 Å². The molecular weight excluding hydrogens is 263 g/mol. The minimum absolute atomic E-state index is 0.0939. The molecule has 0 radical (unpaired) electrons. The topological polar surface area (TPSA) is 42.7 Å². The van der Waals surface area contributed by atoms with E-state index in [1.54, 1.807) is 16.8 Å². The Morgan fingerprint density at radius 2 is 2.26 bits per heavy atom. The predicted molar refractivity (Wildman–Crippen MR) is 73.6 cm³/mol. The summed E-state index contributed by atoms with van der Waals surface area (Å²) in [7, 11) is 1.84. The fourth-order valence-electron chi connectivity index (χ4n) is 1.84. The molecule has 0 saturated carbocycles. The maximum atomic E-state index is 13.4. The van der Waals surface area contributed by atoms with Crippen LogP contribution in [0.2, 0.25) is 0 Å². The van der Waals surface area contributed by atoms with Crippen LogP contribution < -0.4 is 5.32 Å². The van der Waals surface area contributed by atoms with Gasteiger partial charge in [0.05, 0.1) is 0 Å². The first-order chi connectivity index (χ1) is 9.11. The van der Waals surface area contributed by atoms with Gasteiger partial charge in [-0.3, -0.25) is 0 Å². The lowest BCUT2D eigenvalue weighted by atomic mass is 10.1. The van der Waals surface area contributed by atoms with Gasteiger partial charge in [-0.25, -0.2) is 14.1 Å². The fraction of sp³-hybridized carbons (Fsp3) is 0.385. The van der Waals surface area contributed by atoms with Gasteiger partial charge >= 0.3 is 0 Å². The molecule has 1 atom stereocenters. The van der Waals surface area contributed by atoms with Crippen molar-refractivity contribution in [2.24, 2.45) is 7.05 Å². The average molecular weight is 280 g/mol. The highest BCUT2D eigenvalue weighted by molar-refractivity contribution is 7.99. The Kier molecular flexibility index (Phi) is 4.55. The number of aryl methyl sites for hydroxylation is 1. The average Bonchev–Trinajstić information content (AvgIpc) is 2.77. The normalized spacial score (nSPS) is 12.6. The van der Waals surface area contributed by atoms with Crippen molar-refractivity contribution in [2.45, 2.75) is 29.9 Å². The van der Waals surface area contributed by atoms with E-state index in [0.717, 1.165) is 22.2 Å². The molecule has 102 valence electrons. The van der Waals surface area contributed by atoms with Crippen molar-refractivity contribution in [1.29, 1.82) is 0 Å². The first kappa shape index (κ1) is 14.0. The lowest BCUT2D eigenvalue weighted by molar-refractivity contribution is 0.574. The van der Waals surface area contributed by atoms with Gasteiger partial charge in [-0.2, -0.15) is 5.10 Å². The van der Waals surface area contributed by atoms with E-state index in [4.69, 9.17) is 0 Å². The summed E-state index contributed by atoms with van der Waals surface area (Å²) in [6.07, 6.45) is 1.51. The van der Waals surface area contributed by atoms with Gasteiger partial charge in [-0.05, 0) is 49.0 Å². The smallest absolute Gasteiger partial charge is 0.190 e. The Bertz CT molecular complexity index is 555. The molecule has 1 aromatic heterocycles. The van der Waals surface area contributed by atoms with E-state index in [0.29, 0.717) is 0 Å². The Morgan fingerprint density at radius 1 is 1.47 bits per heavy atom. The molecule has 1 aromatic carbocycles. The fourth-order valence-corrected chi connectivity index (χ4v) is 2.81. The summed E-state index contributed by atoms with van der Waals surface area (Å²) >= 11 is 1.49. The van der Waals surface area contributed by atoms with Crippen LogP contribution in [0.5, 0.6) is 0 Å². The molecule has 0 spiro atoms. The van der Waals surface area contributed by atoms with Crippen molar-refractivity contribution in [2.75, 3.05) is 6.54 Å². The highest BCUT2D eigenvalue weighted by Gasteiger charge is 2.14. The largest absolute Gasteiger partial charge is 0.310 e. The Balaban J connectivity index is 2.31. The zero-order chi connectivity index (χ0) is 13.8. The number of benzene rings is 1. The number of hydrogen-bond donors (Lipinski definition) is 1. The van der Waals surface area contributed by atoms with Gasteiger partial charge < -0.3 is 5.32 Å². The second-order valence-corrected chi connectivity index (χ2v) is 5.24. The summed E-state index contributed by atoms with van der Waals surface area (Å²) < 4.78 is 15.1. The third kappa shape index (κ3) is 3.33. The summed E-state index contributed by atoms with van der Waals surface area (Å²) in [5.74, 6) is -0.220. The van der Waals surface area contributed by atoms with Crippen LogP contribution in [0.1, 0.15) is 25.5 Å². The Hall–Kier alpha value is -1.40. The zero-order valence-corrected chi connectivity index (χ0v) is 12.0. The minimum Gasteiger partial charge on any atom is -0.310 e. The van der Waals surface area contributed by atoms with E-state index in [2.05, 4.69) is 15.4 Å². The molecular formula is C13H17FN4S. The highest BCUT2D eigenvalue weighted by Crippen LogP contribution is 2.32. The predicted octanol–water partition coefficient (Wildman–Crippen LogP) is 2.78. The molecule has 19 heavy (non-hydrogen) atoms. The van der Waals surface area contributed by atoms with Crippen LogP contribution in [0, 0.1) is 5.82 Å². The van der Waals surface area contributed by atoms with Gasteiger partial charge in [0.2, 0.25) is 0 Å². The number of aromatic nitrogens is 3. The number of nitrogens with zero attached hydrogens (tertiary/aromatic N) is 3. The van der Waals surface area contributed by atoms with Crippen LogP contribution in [0.3, 0.4) is 0 Å². The molecule has 0 aliphatic carbocycles. The molecule has 1 heterocycles. The molecule has 4 nitrogen and oxygen atoms in total. The molecule has 0 saturated heterocycles. The van der Waals surface area contributed by atoms with E-state index in [9.17, 15) is 4.39 Å². The van der Waals surface area contributed by atoms with Crippen LogP contribution in [-0.4, -0.2) is 21.3 Å². The molecule has 0 amide bonds. The van der Waals surface area contributed by atoms with Gasteiger partial charge in [0.25, 0.3) is 0 Å². The minimum atomic E-state index is -0.220. The number of hydrogen-bond acceptors (Lipinski definition) is 4. The Labute approximate surface area is 116 Å². The van der Waals surface area contributed by atoms with Crippen molar-refractivity contribution in [3.8, 4) is 0 Å². The van der Waals surface area contributed by atoms with Crippen molar-refractivity contribution in [1.82, 2.24) is 20.1 Å². The van der Waals surface area contributed by atoms with Gasteiger partial charge in [-0.15, -0.1) is 0 Å². The molecule has 0 fully saturated rings. The summed E-state index contributed by atoms with van der Waals surface area (Å²) in [6.45, 7) is 4.90. The maximum Gasteiger partial charge on any atom is 0.190 e. The molecule has 6 heteroatoms. The van der Waals surface area contributed by atoms with Crippen LogP contribution in [0.4, 0.5) is 4.39 Å². The van der Waals surface area contributed by atoms with Crippen LogP contribution in [-0.2, 0) is 7.05 Å². The monoisotopic (exact) mass is 280 g/mol. The van der Waals surface area contributed by atoms with E-state index in [-0.39, 0.29) is 11.9 Å². The molecule has 0 bridgehead atoms. The number of halogens is 1. The summed E-state index contributed by atoms with van der Waals surface area (Å²) in [5.41, 5.74) is 0.940. The third-order valence-corrected chi connectivity index (χ3v) is 3.96. The van der Waals surface area contributed by atoms with E-state index >= 15 is 0 Å². The molecule has 2 rings (SSSR count). The lowest BCUT2D eigenvalue weighted by Gasteiger charge is -2.16. The van der Waals surface area contributed by atoms with Crippen LogP contribution >= 0.6 is 11.8 Å². The number of rotatable bonds is 5. The maximum absolute atomic E-state index is 13.4. The molecule has 0 aliphatic heterocycles. The highest BCUT2D eigenvalue weighted by atomic mass is 32.2. The molecule has 1 N–H and O–H groups in total. The summed E-state index contributed by atoms with van der Waals surface area (Å²) in [5, 5.41) is 8.13. The van der Waals surface area contributed by atoms with Crippen molar-refractivity contribution < 1.29 is 4.39 Å². The Morgan fingerprint density at radius 3 is 2.89 bits per heavy atom. The zero-order valence-electron chi connectivity index (χ0n) is 11.2. The van der Waals surface area contributed by atoms with E-state index < -0.39 is 0 Å².